The molecule has 0 aliphatic carbocycles. The van der Waals surface area contributed by atoms with Gasteiger partial charge in [-0.05, 0) is 25.5 Å². The summed E-state index contributed by atoms with van der Waals surface area (Å²) in [5.74, 6) is 0.297. The van der Waals surface area contributed by atoms with Gasteiger partial charge in [-0.1, -0.05) is 11.2 Å². The molecule has 2 rings (SSSR count). The fourth-order valence-corrected chi connectivity index (χ4v) is 1.14. The van der Waals surface area contributed by atoms with E-state index in [0.717, 1.165) is 11.3 Å². The lowest BCUT2D eigenvalue weighted by atomic mass is 10.2. The number of carbonyl (C=O) groups is 1. The van der Waals surface area contributed by atoms with Gasteiger partial charge in [0.15, 0.2) is 0 Å². The van der Waals surface area contributed by atoms with Crippen LogP contribution in [0.15, 0.2) is 16.7 Å². The van der Waals surface area contributed by atoms with Crippen molar-refractivity contribution in [1.82, 2.24) is 15.1 Å². The monoisotopic (exact) mass is 203 g/mol. The molecule has 0 N–H and O–H groups in total. The molecule has 0 aliphatic rings. The maximum atomic E-state index is 10.4. The highest BCUT2D eigenvalue weighted by Gasteiger charge is 2.09. The molecule has 0 amide bonds. The smallest absolute Gasteiger partial charge is 0.291 e. The predicted octanol–water partition coefficient (Wildman–Crippen LogP) is 1.56. The fourth-order valence-electron chi connectivity index (χ4n) is 1.14. The van der Waals surface area contributed by atoms with Crippen LogP contribution < -0.4 is 0 Å². The molecule has 0 radical (unpaired) electrons. The van der Waals surface area contributed by atoms with E-state index in [1.165, 1.54) is 0 Å². The SMILES string of the molecule is Cc1ccc(-c2noc(C=O)n2)nc1C. The maximum absolute atomic E-state index is 10.4. The Hall–Kier alpha value is -2.04. The molecule has 0 aliphatic heterocycles. The first-order chi connectivity index (χ1) is 7.20. The summed E-state index contributed by atoms with van der Waals surface area (Å²) in [6.45, 7) is 3.87. The molecule has 0 unspecified atom stereocenters. The summed E-state index contributed by atoms with van der Waals surface area (Å²) in [7, 11) is 0. The van der Waals surface area contributed by atoms with Gasteiger partial charge in [-0.15, -0.1) is 0 Å². The van der Waals surface area contributed by atoms with Crippen LogP contribution >= 0.6 is 0 Å². The average molecular weight is 203 g/mol. The lowest BCUT2D eigenvalue weighted by Gasteiger charge is -1.99. The molecule has 0 fully saturated rings. The average Bonchev–Trinajstić information content (AvgIpc) is 2.70. The Balaban J connectivity index is 2.44. The predicted molar refractivity (Wildman–Crippen MR) is 52.4 cm³/mol. The minimum Gasteiger partial charge on any atom is -0.331 e. The molecule has 0 spiro atoms. The summed E-state index contributed by atoms with van der Waals surface area (Å²) in [5, 5.41) is 3.65. The van der Waals surface area contributed by atoms with E-state index in [0.29, 0.717) is 17.8 Å². The first-order valence-electron chi connectivity index (χ1n) is 4.44. The van der Waals surface area contributed by atoms with Gasteiger partial charge in [-0.2, -0.15) is 4.98 Å². The summed E-state index contributed by atoms with van der Waals surface area (Å²) in [4.78, 5) is 18.5. The second-order valence-corrected chi connectivity index (χ2v) is 3.17. The molecule has 0 bridgehead atoms. The molecule has 0 saturated heterocycles. The third-order valence-corrected chi connectivity index (χ3v) is 2.12. The van der Waals surface area contributed by atoms with E-state index in [-0.39, 0.29) is 5.89 Å². The number of pyridine rings is 1. The molecular weight excluding hydrogens is 194 g/mol. The zero-order valence-electron chi connectivity index (χ0n) is 8.39. The van der Waals surface area contributed by atoms with Crippen molar-refractivity contribution in [3.05, 3.63) is 29.3 Å². The maximum Gasteiger partial charge on any atom is 0.291 e. The fraction of sp³-hybridized carbons (Fsp3) is 0.200. The highest BCUT2D eigenvalue weighted by Crippen LogP contribution is 2.14. The third-order valence-electron chi connectivity index (χ3n) is 2.12. The van der Waals surface area contributed by atoms with Gasteiger partial charge in [0.2, 0.25) is 12.1 Å². The quantitative estimate of drug-likeness (QED) is 0.693. The van der Waals surface area contributed by atoms with E-state index < -0.39 is 0 Å². The van der Waals surface area contributed by atoms with Crippen molar-refractivity contribution >= 4 is 6.29 Å². The minimum atomic E-state index is -0.0370. The molecule has 2 aromatic rings. The van der Waals surface area contributed by atoms with Gasteiger partial charge in [0.25, 0.3) is 5.89 Å². The number of hydrogen-bond donors (Lipinski definition) is 0. The van der Waals surface area contributed by atoms with Crippen LogP contribution in [0.5, 0.6) is 0 Å². The van der Waals surface area contributed by atoms with E-state index in [1.807, 2.05) is 19.9 Å². The molecule has 2 heterocycles. The molecule has 5 nitrogen and oxygen atoms in total. The van der Waals surface area contributed by atoms with Crippen LogP contribution in [0, 0.1) is 13.8 Å². The summed E-state index contributed by atoms with van der Waals surface area (Å²) in [6, 6.07) is 3.72. The van der Waals surface area contributed by atoms with Gasteiger partial charge in [-0.3, -0.25) is 4.79 Å². The standard InChI is InChI=1S/C10H9N3O2/c1-6-3-4-8(11-7(6)2)10-12-9(5-14)15-13-10/h3-5H,1-2H3. The van der Waals surface area contributed by atoms with E-state index >= 15 is 0 Å². The molecule has 5 heteroatoms. The molecule has 0 atom stereocenters. The summed E-state index contributed by atoms with van der Waals surface area (Å²) < 4.78 is 4.67. The van der Waals surface area contributed by atoms with Crippen LogP contribution in [0.2, 0.25) is 0 Å². The van der Waals surface area contributed by atoms with Crippen molar-refractivity contribution in [3.8, 4) is 11.5 Å². The Morgan fingerprint density at radius 1 is 1.27 bits per heavy atom. The van der Waals surface area contributed by atoms with Crippen molar-refractivity contribution < 1.29 is 9.32 Å². The number of carbonyl (C=O) groups excluding carboxylic acids is 1. The van der Waals surface area contributed by atoms with Gasteiger partial charge >= 0.3 is 0 Å². The van der Waals surface area contributed by atoms with Gasteiger partial charge in [0.1, 0.15) is 5.69 Å². The van der Waals surface area contributed by atoms with E-state index in [4.69, 9.17) is 0 Å². The Morgan fingerprint density at radius 2 is 2.07 bits per heavy atom. The Kier molecular flexibility index (Phi) is 2.29. The van der Waals surface area contributed by atoms with Crippen LogP contribution in [0.1, 0.15) is 21.9 Å². The topological polar surface area (TPSA) is 68.9 Å². The van der Waals surface area contributed by atoms with Gasteiger partial charge in [-0.25, -0.2) is 4.98 Å². The zero-order valence-corrected chi connectivity index (χ0v) is 8.39. The number of aryl methyl sites for hydroxylation is 2. The van der Waals surface area contributed by atoms with Crippen LogP contribution in [0.4, 0.5) is 0 Å². The zero-order chi connectivity index (χ0) is 10.8. The second-order valence-electron chi connectivity index (χ2n) is 3.17. The van der Waals surface area contributed by atoms with E-state index in [1.54, 1.807) is 6.07 Å². The highest BCUT2D eigenvalue weighted by atomic mass is 16.5. The molecular formula is C10H9N3O2. The second kappa shape index (κ2) is 3.61. The number of hydrogen-bond acceptors (Lipinski definition) is 5. The van der Waals surface area contributed by atoms with Gasteiger partial charge in [0.05, 0.1) is 0 Å². The number of aldehydes is 1. The van der Waals surface area contributed by atoms with E-state index in [9.17, 15) is 4.79 Å². The third kappa shape index (κ3) is 1.76. The molecule has 2 aromatic heterocycles. The number of nitrogens with zero attached hydrogens (tertiary/aromatic N) is 3. The van der Waals surface area contributed by atoms with Gasteiger partial charge in [0, 0.05) is 5.69 Å². The van der Waals surface area contributed by atoms with Crippen molar-refractivity contribution in [2.24, 2.45) is 0 Å². The van der Waals surface area contributed by atoms with Crippen molar-refractivity contribution in [2.45, 2.75) is 13.8 Å². The lowest BCUT2D eigenvalue weighted by Crippen LogP contribution is -1.91. The number of aromatic nitrogens is 3. The van der Waals surface area contributed by atoms with Crippen molar-refractivity contribution in [3.63, 3.8) is 0 Å². The molecule has 0 aromatic carbocycles. The molecule has 15 heavy (non-hydrogen) atoms. The first-order valence-corrected chi connectivity index (χ1v) is 4.44. The van der Waals surface area contributed by atoms with Crippen molar-refractivity contribution in [2.75, 3.05) is 0 Å². The first kappa shape index (κ1) is 9.51. The van der Waals surface area contributed by atoms with Gasteiger partial charge < -0.3 is 4.52 Å². The summed E-state index contributed by atoms with van der Waals surface area (Å²) in [5.41, 5.74) is 2.61. The lowest BCUT2D eigenvalue weighted by molar-refractivity contribution is 0.108. The van der Waals surface area contributed by atoms with Crippen LogP contribution in [-0.2, 0) is 0 Å². The summed E-state index contributed by atoms with van der Waals surface area (Å²) in [6.07, 6.45) is 0.511. The van der Waals surface area contributed by atoms with Crippen LogP contribution in [-0.4, -0.2) is 21.4 Å². The minimum absolute atomic E-state index is 0.0370. The Morgan fingerprint density at radius 3 is 2.67 bits per heavy atom. The highest BCUT2D eigenvalue weighted by molar-refractivity contribution is 5.68. The number of rotatable bonds is 2. The Bertz CT molecular complexity index is 505. The normalized spacial score (nSPS) is 10.3. The molecule has 0 saturated carbocycles. The van der Waals surface area contributed by atoms with E-state index in [2.05, 4.69) is 19.6 Å². The van der Waals surface area contributed by atoms with Crippen molar-refractivity contribution in [1.29, 1.82) is 0 Å². The van der Waals surface area contributed by atoms with Crippen LogP contribution in [0.25, 0.3) is 11.5 Å². The molecule has 76 valence electrons. The Labute approximate surface area is 86.1 Å². The largest absolute Gasteiger partial charge is 0.331 e. The summed E-state index contributed by atoms with van der Waals surface area (Å²) >= 11 is 0. The van der Waals surface area contributed by atoms with Crippen LogP contribution in [0.3, 0.4) is 0 Å².